The van der Waals surface area contributed by atoms with Crippen molar-refractivity contribution in [2.24, 2.45) is 0 Å². The van der Waals surface area contributed by atoms with Gasteiger partial charge in [-0.15, -0.1) is 0 Å². The molecule has 124 valence electrons. The summed E-state index contributed by atoms with van der Waals surface area (Å²) in [5, 5.41) is 9.60. The number of hydrogen-bond acceptors (Lipinski definition) is 4. The van der Waals surface area contributed by atoms with Crippen molar-refractivity contribution in [3.8, 4) is 5.75 Å². The van der Waals surface area contributed by atoms with Crippen LogP contribution in [0.1, 0.15) is 25.8 Å². The monoisotopic (exact) mass is 306 g/mol. The molecule has 0 unspecified atom stereocenters. The van der Waals surface area contributed by atoms with Gasteiger partial charge in [0.2, 0.25) is 0 Å². The summed E-state index contributed by atoms with van der Waals surface area (Å²) in [5.41, 5.74) is 1.23. The standard InChI is InChI=1S/C18H30N2O2/c1-4-17-14-19(8-9-20(17)13-16(3)21)10-11-22-18-7-5-6-15(2)12-18/h5-7,12,16-17,21H,4,8-11,13-14H2,1-3H3/t16-,17+/m1/s1. The summed E-state index contributed by atoms with van der Waals surface area (Å²) in [4.78, 5) is 4.89. The van der Waals surface area contributed by atoms with Crippen LogP contribution in [-0.4, -0.2) is 66.4 Å². The molecule has 4 heteroatoms. The second-order valence-corrected chi connectivity index (χ2v) is 6.37. The lowest BCUT2D eigenvalue weighted by Gasteiger charge is -2.41. The van der Waals surface area contributed by atoms with Crippen LogP contribution in [0.5, 0.6) is 5.75 Å². The van der Waals surface area contributed by atoms with E-state index in [-0.39, 0.29) is 6.10 Å². The zero-order valence-electron chi connectivity index (χ0n) is 14.2. The maximum atomic E-state index is 9.60. The molecule has 1 N–H and O–H groups in total. The van der Waals surface area contributed by atoms with E-state index in [2.05, 4.69) is 35.8 Å². The highest BCUT2D eigenvalue weighted by molar-refractivity contribution is 5.27. The van der Waals surface area contributed by atoms with E-state index in [1.165, 1.54) is 5.56 Å². The molecule has 1 heterocycles. The van der Waals surface area contributed by atoms with Crippen molar-refractivity contribution in [3.05, 3.63) is 29.8 Å². The summed E-state index contributed by atoms with van der Waals surface area (Å²) >= 11 is 0. The lowest BCUT2D eigenvalue weighted by atomic mass is 10.1. The first-order valence-electron chi connectivity index (χ1n) is 8.42. The Balaban J connectivity index is 1.75. The Hall–Kier alpha value is -1.10. The maximum absolute atomic E-state index is 9.60. The van der Waals surface area contributed by atoms with Crippen molar-refractivity contribution < 1.29 is 9.84 Å². The van der Waals surface area contributed by atoms with Crippen LogP contribution in [0.4, 0.5) is 0 Å². The first kappa shape index (κ1) is 17.3. The summed E-state index contributed by atoms with van der Waals surface area (Å²) in [6.45, 7) is 11.8. The van der Waals surface area contributed by atoms with Crippen LogP contribution in [0.25, 0.3) is 0 Å². The lowest BCUT2D eigenvalue weighted by Crippen LogP contribution is -2.55. The second kappa shape index (κ2) is 8.51. The highest BCUT2D eigenvalue weighted by atomic mass is 16.5. The van der Waals surface area contributed by atoms with E-state index in [9.17, 15) is 5.11 Å². The molecule has 2 atom stereocenters. The Morgan fingerprint density at radius 1 is 1.36 bits per heavy atom. The van der Waals surface area contributed by atoms with E-state index in [1.54, 1.807) is 0 Å². The SMILES string of the molecule is CC[C@H]1CN(CCOc2cccc(C)c2)CCN1C[C@@H](C)O. The average molecular weight is 306 g/mol. The van der Waals surface area contributed by atoms with Gasteiger partial charge in [0.15, 0.2) is 0 Å². The Labute approximate surface area is 134 Å². The van der Waals surface area contributed by atoms with E-state index < -0.39 is 0 Å². The zero-order chi connectivity index (χ0) is 15.9. The molecule has 0 saturated carbocycles. The molecule has 0 aliphatic carbocycles. The van der Waals surface area contributed by atoms with Crippen LogP contribution < -0.4 is 4.74 Å². The topological polar surface area (TPSA) is 35.9 Å². The normalized spacial score (nSPS) is 21.7. The van der Waals surface area contributed by atoms with Gasteiger partial charge in [0.1, 0.15) is 12.4 Å². The fourth-order valence-electron chi connectivity index (χ4n) is 3.13. The van der Waals surface area contributed by atoms with Gasteiger partial charge in [0.25, 0.3) is 0 Å². The molecule has 0 amide bonds. The van der Waals surface area contributed by atoms with Gasteiger partial charge < -0.3 is 9.84 Å². The Morgan fingerprint density at radius 2 is 2.18 bits per heavy atom. The van der Waals surface area contributed by atoms with Crippen molar-refractivity contribution in [2.75, 3.05) is 39.3 Å². The molecule has 0 spiro atoms. The molecule has 0 aromatic heterocycles. The quantitative estimate of drug-likeness (QED) is 0.837. The van der Waals surface area contributed by atoms with E-state index in [0.29, 0.717) is 6.04 Å². The predicted octanol–water partition coefficient (Wildman–Crippen LogP) is 2.15. The highest BCUT2D eigenvalue weighted by Gasteiger charge is 2.26. The number of rotatable bonds is 7. The summed E-state index contributed by atoms with van der Waals surface area (Å²) in [5.74, 6) is 0.958. The van der Waals surface area contributed by atoms with Gasteiger partial charge in [0, 0.05) is 38.8 Å². The van der Waals surface area contributed by atoms with E-state index in [4.69, 9.17) is 4.74 Å². The van der Waals surface area contributed by atoms with Crippen LogP contribution in [0.2, 0.25) is 0 Å². The Kier molecular flexibility index (Phi) is 6.68. The number of aryl methyl sites for hydroxylation is 1. The summed E-state index contributed by atoms with van der Waals surface area (Å²) in [6.07, 6.45) is 0.882. The van der Waals surface area contributed by atoms with Crippen molar-refractivity contribution in [1.29, 1.82) is 0 Å². The summed E-state index contributed by atoms with van der Waals surface area (Å²) < 4.78 is 5.85. The van der Waals surface area contributed by atoms with Gasteiger partial charge in [-0.25, -0.2) is 0 Å². The first-order valence-corrected chi connectivity index (χ1v) is 8.42. The molecule has 1 aromatic rings. The van der Waals surface area contributed by atoms with Crippen molar-refractivity contribution >= 4 is 0 Å². The summed E-state index contributed by atoms with van der Waals surface area (Å²) in [7, 11) is 0. The third kappa shape index (κ3) is 5.27. The number of aliphatic hydroxyl groups is 1. The minimum absolute atomic E-state index is 0.245. The van der Waals surface area contributed by atoms with Crippen molar-refractivity contribution in [2.45, 2.75) is 39.3 Å². The summed E-state index contributed by atoms with van der Waals surface area (Å²) in [6, 6.07) is 8.76. The second-order valence-electron chi connectivity index (χ2n) is 6.37. The zero-order valence-corrected chi connectivity index (χ0v) is 14.2. The molecule has 1 aliphatic heterocycles. The van der Waals surface area contributed by atoms with Crippen molar-refractivity contribution in [3.63, 3.8) is 0 Å². The third-order valence-electron chi connectivity index (χ3n) is 4.32. The third-order valence-corrected chi connectivity index (χ3v) is 4.32. The van der Waals surface area contributed by atoms with E-state index in [0.717, 1.165) is 51.5 Å². The minimum Gasteiger partial charge on any atom is -0.492 e. The molecule has 1 aliphatic rings. The molecular weight excluding hydrogens is 276 g/mol. The van der Waals surface area contributed by atoms with Crippen LogP contribution >= 0.6 is 0 Å². The van der Waals surface area contributed by atoms with Crippen LogP contribution in [0, 0.1) is 6.92 Å². The van der Waals surface area contributed by atoms with Gasteiger partial charge in [0.05, 0.1) is 6.10 Å². The van der Waals surface area contributed by atoms with Gasteiger partial charge >= 0.3 is 0 Å². The molecule has 2 rings (SSSR count). The van der Waals surface area contributed by atoms with Crippen LogP contribution in [-0.2, 0) is 0 Å². The Morgan fingerprint density at radius 3 is 2.86 bits per heavy atom. The number of β-amino-alcohol motifs (C(OH)–C–C–N with tert-alkyl or cyclic N) is 1. The largest absolute Gasteiger partial charge is 0.492 e. The predicted molar refractivity (Wildman–Crippen MR) is 90.4 cm³/mol. The van der Waals surface area contributed by atoms with Gasteiger partial charge in [-0.05, 0) is 38.0 Å². The van der Waals surface area contributed by atoms with Gasteiger partial charge in [-0.3, -0.25) is 9.80 Å². The van der Waals surface area contributed by atoms with Gasteiger partial charge in [-0.2, -0.15) is 0 Å². The number of nitrogens with zero attached hydrogens (tertiary/aromatic N) is 2. The number of ether oxygens (including phenoxy) is 1. The fourth-order valence-corrected chi connectivity index (χ4v) is 3.13. The molecule has 0 bridgehead atoms. The highest BCUT2D eigenvalue weighted by Crippen LogP contribution is 2.15. The van der Waals surface area contributed by atoms with Crippen LogP contribution in [0.3, 0.4) is 0 Å². The molecule has 1 fully saturated rings. The molecule has 4 nitrogen and oxygen atoms in total. The van der Waals surface area contributed by atoms with Crippen LogP contribution in [0.15, 0.2) is 24.3 Å². The maximum Gasteiger partial charge on any atom is 0.119 e. The number of benzene rings is 1. The molecule has 1 saturated heterocycles. The number of aliphatic hydroxyl groups excluding tert-OH is 1. The van der Waals surface area contributed by atoms with E-state index >= 15 is 0 Å². The molecular formula is C18H30N2O2. The molecule has 22 heavy (non-hydrogen) atoms. The van der Waals surface area contributed by atoms with E-state index in [1.807, 2.05) is 19.1 Å². The molecule has 1 aromatic carbocycles. The number of hydrogen-bond donors (Lipinski definition) is 1. The number of piperazine rings is 1. The molecule has 0 radical (unpaired) electrons. The first-order chi connectivity index (χ1) is 10.6. The van der Waals surface area contributed by atoms with Crippen molar-refractivity contribution in [1.82, 2.24) is 9.80 Å². The lowest BCUT2D eigenvalue weighted by molar-refractivity contribution is 0.0322. The Bertz CT molecular complexity index is 450. The fraction of sp³-hybridized carbons (Fsp3) is 0.667. The van der Waals surface area contributed by atoms with Gasteiger partial charge in [-0.1, -0.05) is 19.1 Å². The minimum atomic E-state index is -0.245. The average Bonchev–Trinajstić information content (AvgIpc) is 2.48. The smallest absolute Gasteiger partial charge is 0.119 e.